The van der Waals surface area contributed by atoms with E-state index in [0.717, 1.165) is 22.1 Å². The number of ether oxygens (including phenoxy) is 1. The Hall–Kier alpha value is -3.19. The SMILES string of the molecule is CCc1ccccc1NC(=O)CN(C)C(=O)c1cccnc1Oc1ccc(Br)cc1. The molecule has 1 N–H and O–H groups in total. The van der Waals surface area contributed by atoms with Crippen LogP contribution in [-0.2, 0) is 11.2 Å². The molecule has 2 amide bonds. The van der Waals surface area contributed by atoms with Gasteiger partial charge in [-0.15, -0.1) is 0 Å². The van der Waals surface area contributed by atoms with Crippen molar-refractivity contribution in [3.8, 4) is 11.6 Å². The van der Waals surface area contributed by atoms with Crippen molar-refractivity contribution in [2.45, 2.75) is 13.3 Å². The quantitative estimate of drug-likeness (QED) is 0.535. The van der Waals surface area contributed by atoms with E-state index in [4.69, 9.17) is 4.74 Å². The number of pyridine rings is 1. The third-order valence-corrected chi connectivity index (χ3v) is 4.96. The summed E-state index contributed by atoms with van der Waals surface area (Å²) in [6.07, 6.45) is 2.36. The Kier molecular flexibility index (Phi) is 7.19. The number of aromatic nitrogens is 1. The fourth-order valence-corrected chi connectivity index (χ4v) is 3.15. The van der Waals surface area contributed by atoms with Crippen LogP contribution in [0.1, 0.15) is 22.8 Å². The Bertz CT molecular complexity index is 1040. The van der Waals surface area contributed by atoms with E-state index in [-0.39, 0.29) is 29.8 Å². The first kappa shape index (κ1) is 21.5. The van der Waals surface area contributed by atoms with E-state index in [2.05, 4.69) is 26.2 Å². The Morgan fingerprint density at radius 3 is 2.53 bits per heavy atom. The highest BCUT2D eigenvalue weighted by atomic mass is 79.9. The van der Waals surface area contributed by atoms with Gasteiger partial charge in [0.05, 0.1) is 6.54 Å². The van der Waals surface area contributed by atoms with Gasteiger partial charge in [0, 0.05) is 23.4 Å². The lowest BCUT2D eigenvalue weighted by molar-refractivity contribution is -0.116. The van der Waals surface area contributed by atoms with Gasteiger partial charge in [0.15, 0.2) is 0 Å². The van der Waals surface area contributed by atoms with Crippen LogP contribution in [0.25, 0.3) is 0 Å². The number of nitrogens with zero attached hydrogens (tertiary/aromatic N) is 2. The topological polar surface area (TPSA) is 71.5 Å². The molecule has 2 aromatic carbocycles. The minimum atomic E-state index is -0.353. The molecule has 0 fully saturated rings. The highest BCUT2D eigenvalue weighted by Gasteiger charge is 2.20. The highest BCUT2D eigenvalue weighted by molar-refractivity contribution is 9.10. The second-order valence-electron chi connectivity index (χ2n) is 6.63. The molecule has 0 unspecified atom stereocenters. The smallest absolute Gasteiger partial charge is 0.259 e. The fourth-order valence-electron chi connectivity index (χ4n) is 2.88. The van der Waals surface area contributed by atoms with E-state index in [1.807, 2.05) is 43.3 Å². The first-order chi connectivity index (χ1) is 14.5. The molecule has 0 aliphatic heterocycles. The number of anilines is 1. The van der Waals surface area contributed by atoms with Crippen molar-refractivity contribution < 1.29 is 14.3 Å². The van der Waals surface area contributed by atoms with Crippen molar-refractivity contribution in [3.63, 3.8) is 0 Å². The fraction of sp³-hybridized carbons (Fsp3) is 0.174. The van der Waals surface area contributed by atoms with Crippen molar-refractivity contribution in [2.75, 3.05) is 18.9 Å². The lowest BCUT2D eigenvalue weighted by Crippen LogP contribution is -2.35. The van der Waals surface area contributed by atoms with Crippen LogP contribution in [0.4, 0.5) is 5.69 Å². The summed E-state index contributed by atoms with van der Waals surface area (Å²) in [5.74, 6) is 0.121. The molecule has 0 saturated carbocycles. The van der Waals surface area contributed by atoms with Gasteiger partial charge in [-0.1, -0.05) is 41.1 Å². The largest absolute Gasteiger partial charge is 0.438 e. The van der Waals surface area contributed by atoms with Crippen molar-refractivity contribution in [1.29, 1.82) is 0 Å². The van der Waals surface area contributed by atoms with Gasteiger partial charge in [-0.05, 0) is 54.4 Å². The molecule has 30 heavy (non-hydrogen) atoms. The molecule has 7 heteroatoms. The molecule has 6 nitrogen and oxygen atoms in total. The lowest BCUT2D eigenvalue weighted by Gasteiger charge is -2.19. The van der Waals surface area contributed by atoms with Gasteiger partial charge in [0.2, 0.25) is 11.8 Å². The van der Waals surface area contributed by atoms with Gasteiger partial charge < -0.3 is 15.0 Å². The molecule has 0 aliphatic carbocycles. The van der Waals surface area contributed by atoms with Gasteiger partial charge in [0.25, 0.3) is 5.91 Å². The average molecular weight is 468 g/mol. The van der Waals surface area contributed by atoms with Crippen LogP contribution >= 0.6 is 15.9 Å². The van der Waals surface area contributed by atoms with E-state index >= 15 is 0 Å². The predicted molar refractivity (Wildman–Crippen MR) is 120 cm³/mol. The van der Waals surface area contributed by atoms with E-state index in [1.54, 1.807) is 37.5 Å². The number of amides is 2. The number of carbonyl (C=O) groups excluding carboxylic acids is 2. The van der Waals surface area contributed by atoms with Crippen LogP contribution in [0.5, 0.6) is 11.6 Å². The maximum Gasteiger partial charge on any atom is 0.259 e. The van der Waals surface area contributed by atoms with Crippen LogP contribution in [0.3, 0.4) is 0 Å². The predicted octanol–water partition coefficient (Wildman–Crippen LogP) is 4.91. The van der Waals surface area contributed by atoms with Crippen molar-refractivity contribution >= 4 is 33.4 Å². The van der Waals surface area contributed by atoms with E-state index < -0.39 is 0 Å². The van der Waals surface area contributed by atoms with E-state index in [0.29, 0.717) is 5.75 Å². The molecule has 0 spiro atoms. The molecule has 154 valence electrons. The van der Waals surface area contributed by atoms with Crippen molar-refractivity contribution in [3.05, 3.63) is 82.5 Å². The summed E-state index contributed by atoms with van der Waals surface area (Å²) < 4.78 is 6.71. The molecule has 0 aliphatic rings. The number of likely N-dealkylation sites (N-methyl/N-ethyl adjacent to an activating group) is 1. The number of hydrogen-bond donors (Lipinski definition) is 1. The molecule has 0 bridgehead atoms. The van der Waals surface area contributed by atoms with Crippen LogP contribution in [-0.4, -0.2) is 35.3 Å². The first-order valence-electron chi connectivity index (χ1n) is 9.49. The van der Waals surface area contributed by atoms with Crippen LogP contribution < -0.4 is 10.1 Å². The Morgan fingerprint density at radius 2 is 1.80 bits per heavy atom. The zero-order valence-corrected chi connectivity index (χ0v) is 18.3. The summed E-state index contributed by atoms with van der Waals surface area (Å²) in [6, 6.07) is 18.1. The third kappa shape index (κ3) is 5.45. The van der Waals surface area contributed by atoms with Crippen LogP contribution in [0.2, 0.25) is 0 Å². The number of carbonyl (C=O) groups is 2. The summed E-state index contributed by atoms with van der Waals surface area (Å²) in [7, 11) is 1.57. The Morgan fingerprint density at radius 1 is 1.07 bits per heavy atom. The normalized spacial score (nSPS) is 10.4. The van der Waals surface area contributed by atoms with E-state index in [1.165, 1.54) is 4.90 Å². The molecular formula is C23H22BrN3O3. The molecule has 3 aromatic rings. The number of nitrogens with one attached hydrogen (secondary N) is 1. The molecule has 3 rings (SSSR count). The van der Waals surface area contributed by atoms with Crippen molar-refractivity contribution in [1.82, 2.24) is 9.88 Å². The van der Waals surface area contributed by atoms with Gasteiger partial charge in [-0.2, -0.15) is 0 Å². The van der Waals surface area contributed by atoms with Crippen LogP contribution in [0.15, 0.2) is 71.3 Å². The number of halogens is 1. The number of para-hydroxylation sites is 1. The second-order valence-corrected chi connectivity index (χ2v) is 7.55. The Balaban J connectivity index is 1.70. The summed E-state index contributed by atoms with van der Waals surface area (Å²) >= 11 is 3.37. The zero-order chi connectivity index (χ0) is 21.5. The second kappa shape index (κ2) is 10.0. The molecule has 0 atom stereocenters. The summed E-state index contributed by atoms with van der Waals surface area (Å²) in [5.41, 5.74) is 2.08. The van der Waals surface area contributed by atoms with E-state index in [9.17, 15) is 9.59 Å². The summed E-state index contributed by atoms with van der Waals surface area (Å²) in [4.78, 5) is 30.9. The Labute approximate surface area is 184 Å². The minimum absolute atomic E-state index is 0.0938. The molecule has 0 radical (unpaired) electrons. The number of benzene rings is 2. The van der Waals surface area contributed by atoms with Crippen molar-refractivity contribution in [2.24, 2.45) is 0 Å². The minimum Gasteiger partial charge on any atom is -0.438 e. The van der Waals surface area contributed by atoms with Crippen LogP contribution in [0, 0.1) is 0 Å². The zero-order valence-electron chi connectivity index (χ0n) is 16.8. The average Bonchev–Trinajstić information content (AvgIpc) is 2.75. The highest BCUT2D eigenvalue weighted by Crippen LogP contribution is 2.25. The van der Waals surface area contributed by atoms with Gasteiger partial charge in [0.1, 0.15) is 11.3 Å². The monoisotopic (exact) mass is 467 g/mol. The lowest BCUT2D eigenvalue weighted by atomic mass is 10.1. The maximum absolute atomic E-state index is 12.9. The van der Waals surface area contributed by atoms with Gasteiger partial charge in [-0.3, -0.25) is 9.59 Å². The van der Waals surface area contributed by atoms with Gasteiger partial charge >= 0.3 is 0 Å². The number of aryl methyl sites for hydroxylation is 1. The maximum atomic E-state index is 12.9. The first-order valence-corrected chi connectivity index (χ1v) is 10.3. The number of rotatable bonds is 7. The molecule has 1 heterocycles. The van der Waals surface area contributed by atoms with Gasteiger partial charge in [-0.25, -0.2) is 4.98 Å². The summed E-state index contributed by atoms with van der Waals surface area (Å²) in [5, 5.41) is 2.87. The molecule has 1 aromatic heterocycles. The summed E-state index contributed by atoms with van der Waals surface area (Å²) in [6.45, 7) is 1.93. The molecule has 0 saturated heterocycles. The standard InChI is InChI=1S/C23H22BrN3O3/c1-3-16-7-4-5-9-20(16)26-21(28)15-27(2)23(29)19-8-6-14-25-22(19)30-18-12-10-17(24)11-13-18/h4-14H,3,15H2,1-2H3,(H,26,28). The number of hydrogen-bond acceptors (Lipinski definition) is 4. The molecular weight excluding hydrogens is 446 g/mol. The third-order valence-electron chi connectivity index (χ3n) is 4.43.